The monoisotopic (exact) mass is 389 g/mol. The molecule has 7 nitrogen and oxygen atoms in total. The number of halogens is 3. The normalized spacial score (nSPS) is 17.7. The molecule has 1 heterocycles. The number of hydrogen-bond acceptors (Lipinski definition) is 4. The van der Waals surface area contributed by atoms with Crippen LogP contribution in [0.4, 0.5) is 13.2 Å². The standard InChI is InChI=1S/C14H22BN3O2.C2HF3O2/c1-13(2)14(3,4)20-15(19-13)11-7-5-6-10(8-11)9-18-12(16)17;3-2(4,5)1(6)7/h5-8H,9H2,1-4H3,(H4,16,17,18);(H,6,7). The number of nitrogens with two attached hydrogens (primary N) is 2. The molecule has 1 fully saturated rings. The van der Waals surface area contributed by atoms with E-state index in [9.17, 15) is 13.2 Å². The van der Waals surface area contributed by atoms with Crippen molar-refractivity contribution < 1.29 is 32.4 Å². The summed E-state index contributed by atoms with van der Waals surface area (Å²) in [6.45, 7) is 8.61. The number of carboxylic acid groups (broad SMARTS) is 1. The zero-order valence-corrected chi connectivity index (χ0v) is 15.5. The maximum Gasteiger partial charge on any atom is 0.494 e. The van der Waals surface area contributed by atoms with Crippen LogP contribution in [-0.2, 0) is 20.6 Å². The van der Waals surface area contributed by atoms with Gasteiger partial charge in [0, 0.05) is 0 Å². The van der Waals surface area contributed by atoms with Gasteiger partial charge in [0.15, 0.2) is 5.96 Å². The van der Waals surface area contributed by atoms with E-state index in [-0.39, 0.29) is 24.3 Å². The van der Waals surface area contributed by atoms with Crippen molar-refractivity contribution >= 4 is 24.5 Å². The van der Waals surface area contributed by atoms with E-state index in [1.54, 1.807) is 0 Å². The van der Waals surface area contributed by atoms with E-state index in [1.807, 2.05) is 52.0 Å². The summed E-state index contributed by atoms with van der Waals surface area (Å²) in [7, 11) is -0.362. The first kappa shape index (κ1) is 22.8. The van der Waals surface area contributed by atoms with Gasteiger partial charge in [-0.05, 0) is 38.7 Å². The van der Waals surface area contributed by atoms with Gasteiger partial charge in [0.25, 0.3) is 0 Å². The highest BCUT2D eigenvalue weighted by molar-refractivity contribution is 6.62. The lowest BCUT2D eigenvalue weighted by Crippen LogP contribution is -2.41. The molecule has 2 rings (SSSR count). The predicted octanol–water partition coefficient (Wildman–Crippen LogP) is 1.39. The molecule has 0 aliphatic carbocycles. The molecule has 150 valence electrons. The first-order valence-electron chi connectivity index (χ1n) is 7.96. The number of alkyl halides is 3. The predicted molar refractivity (Wildman–Crippen MR) is 95.4 cm³/mol. The van der Waals surface area contributed by atoms with Gasteiger partial charge in [0.2, 0.25) is 0 Å². The molecule has 0 unspecified atom stereocenters. The van der Waals surface area contributed by atoms with Gasteiger partial charge in [-0.25, -0.2) is 9.79 Å². The Balaban J connectivity index is 0.000000445. The summed E-state index contributed by atoms with van der Waals surface area (Å²) in [6.07, 6.45) is -5.08. The lowest BCUT2D eigenvalue weighted by atomic mass is 9.78. The zero-order chi connectivity index (χ0) is 21.0. The van der Waals surface area contributed by atoms with Crippen LogP contribution in [0.25, 0.3) is 0 Å². The van der Waals surface area contributed by atoms with Crippen molar-refractivity contribution in [2.24, 2.45) is 16.5 Å². The summed E-state index contributed by atoms with van der Waals surface area (Å²) in [5.41, 5.74) is 12.0. The second-order valence-corrected chi connectivity index (χ2v) is 6.88. The molecule has 0 bridgehead atoms. The van der Waals surface area contributed by atoms with Crippen LogP contribution in [0.5, 0.6) is 0 Å². The van der Waals surface area contributed by atoms with Crippen molar-refractivity contribution in [1.82, 2.24) is 0 Å². The molecule has 27 heavy (non-hydrogen) atoms. The maximum absolute atomic E-state index is 10.6. The molecular formula is C16H23BF3N3O4. The Morgan fingerprint density at radius 3 is 2.07 bits per heavy atom. The Labute approximate surface area is 155 Å². The minimum Gasteiger partial charge on any atom is -0.475 e. The quantitative estimate of drug-likeness (QED) is 0.408. The number of benzene rings is 1. The molecule has 0 spiro atoms. The van der Waals surface area contributed by atoms with Crippen molar-refractivity contribution in [3.63, 3.8) is 0 Å². The molecule has 0 atom stereocenters. The summed E-state index contributed by atoms with van der Waals surface area (Å²) >= 11 is 0. The number of hydrogen-bond donors (Lipinski definition) is 3. The number of nitrogens with zero attached hydrogens (tertiary/aromatic N) is 1. The van der Waals surface area contributed by atoms with E-state index < -0.39 is 12.1 Å². The summed E-state index contributed by atoms with van der Waals surface area (Å²) < 4.78 is 43.8. The molecule has 1 aromatic carbocycles. The van der Waals surface area contributed by atoms with E-state index in [1.165, 1.54) is 0 Å². The fourth-order valence-electron chi connectivity index (χ4n) is 2.00. The third kappa shape index (κ3) is 6.44. The van der Waals surface area contributed by atoms with Crippen molar-refractivity contribution in [3.05, 3.63) is 29.8 Å². The van der Waals surface area contributed by atoms with Crippen LogP contribution in [0, 0.1) is 0 Å². The Bertz CT molecular complexity index is 688. The third-order valence-corrected chi connectivity index (χ3v) is 4.16. The highest BCUT2D eigenvalue weighted by atomic mass is 19.4. The molecule has 5 N–H and O–H groups in total. The molecule has 1 aromatic rings. The minimum absolute atomic E-state index is 0.0889. The van der Waals surface area contributed by atoms with Gasteiger partial charge in [-0.3, -0.25) is 0 Å². The molecule has 1 saturated heterocycles. The lowest BCUT2D eigenvalue weighted by Gasteiger charge is -2.32. The van der Waals surface area contributed by atoms with E-state index in [4.69, 9.17) is 30.7 Å². The van der Waals surface area contributed by atoms with Crippen LogP contribution >= 0.6 is 0 Å². The van der Waals surface area contributed by atoms with Crippen molar-refractivity contribution in [3.8, 4) is 0 Å². The van der Waals surface area contributed by atoms with Crippen molar-refractivity contribution in [1.29, 1.82) is 0 Å². The van der Waals surface area contributed by atoms with Gasteiger partial charge in [0.05, 0.1) is 17.7 Å². The average Bonchev–Trinajstić information content (AvgIpc) is 2.73. The van der Waals surface area contributed by atoms with Crippen LogP contribution in [0.1, 0.15) is 33.3 Å². The van der Waals surface area contributed by atoms with Gasteiger partial charge >= 0.3 is 19.3 Å². The summed E-state index contributed by atoms with van der Waals surface area (Å²) in [5.74, 6) is -2.67. The topological polar surface area (TPSA) is 120 Å². The number of aliphatic carboxylic acids is 1. The lowest BCUT2D eigenvalue weighted by molar-refractivity contribution is -0.192. The largest absolute Gasteiger partial charge is 0.494 e. The van der Waals surface area contributed by atoms with E-state index in [0.29, 0.717) is 6.54 Å². The first-order chi connectivity index (χ1) is 12.2. The minimum atomic E-state index is -5.08. The van der Waals surface area contributed by atoms with Gasteiger partial charge in [0.1, 0.15) is 0 Å². The molecule has 0 amide bonds. The van der Waals surface area contributed by atoms with Gasteiger partial charge < -0.3 is 25.9 Å². The Morgan fingerprint density at radius 1 is 1.19 bits per heavy atom. The van der Waals surface area contributed by atoms with Gasteiger partial charge in [-0.1, -0.05) is 24.3 Å². The van der Waals surface area contributed by atoms with Crippen LogP contribution in [-0.4, -0.2) is 41.5 Å². The van der Waals surface area contributed by atoms with Gasteiger partial charge in [-0.15, -0.1) is 0 Å². The highest BCUT2D eigenvalue weighted by Gasteiger charge is 2.51. The van der Waals surface area contributed by atoms with Crippen LogP contribution in [0.15, 0.2) is 29.3 Å². The molecule has 0 saturated carbocycles. The third-order valence-electron chi connectivity index (χ3n) is 4.16. The number of rotatable bonds is 3. The summed E-state index contributed by atoms with van der Waals surface area (Å²) in [5, 5.41) is 7.12. The van der Waals surface area contributed by atoms with Crippen molar-refractivity contribution in [2.75, 3.05) is 0 Å². The number of guanidine groups is 1. The fourth-order valence-corrected chi connectivity index (χ4v) is 2.00. The number of aliphatic imine (C=N–C) groups is 1. The number of carbonyl (C=O) groups is 1. The van der Waals surface area contributed by atoms with E-state index >= 15 is 0 Å². The molecule has 1 aliphatic rings. The van der Waals surface area contributed by atoms with E-state index in [2.05, 4.69) is 4.99 Å². The summed E-state index contributed by atoms with van der Waals surface area (Å²) in [4.78, 5) is 12.9. The Hall–Kier alpha value is -2.27. The maximum atomic E-state index is 10.6. The molecule has 0 radical (unpaired) electrons. The number of carboxylic acids is 1. The average molecular weight is 389 g/mol. The molecular weight excluding hydrogens is 366 g/mol. The van der Waals surface area contributed by atoms with Crippen molar-refractivity contribution in [2.45, 2.75) is 51.6 Å². The van der Waals surface area contributed by atoms with Gasteiger partial charge in [-0.2, -0.15) is 13.2 Å². The molecule has 1 aliphatic heterocycles. The second kappa shape index (κ2) is 8.18. The first-order valence-corrected chi connectivity index (χ1v) is 7.96. The Morgan fingerprint density at radius 2 is 1.67 bits per heavy atom. The second-order valence-electron chi connectivity index (χ2n) is 6.88. The SMILES string of the molecule is CC1(C)OB(c2cccc(CN=C(N)N)c2)OC1(C)C.O=C(O)C(F)(F)F. The highest BCUT2D eigenvalue weighted by Crippen LogP contribution is 2.36. The van der Waals surface area contributed by atoms with E-state index in [0.717, 1.165) is 11.0 Å². The van der Waals surface area contributed by atoms with Crippen LogP contribution < -0.4 is 16.9 Å². The molecule has 0 aromatic heterocycles. The van der Waals surface area contributed by atoms with Crippen LogP contribution in [0.3, 0.4) is 0 Å². The summed E-state index contributed by atoms with van der Waals surface area (Å²) in [6, 6.07) is 7.93. The fraction of sp³-hybridized carbons (Fsp3) is 0.500. The Kier molecular flexibility index (Phi) is 6.90. The smallest absolute Gasteiger partial charge is 0.475 e. The molecule has 11 heteroatoms. The zero-order valence-electron chi connectivity index (χ0n) is 15.5. The van der Waals surface area contributed by atoms with Crippen LogP contribution in [0.2, 0.25) is 0 Å².